The van der Waals surface area contributed by atoms with E-state index in [-0.39, 0.29) is 11.4 Å². The number of hydrogen-bond donors (Lipinski definition) is 1. The zero-order valence-corrected chi connectivity index (χ0v) is 20.2. The first-order valence-electron chi connectivity index (χ1n) is 11.5. The molecule has 2 aromatic heterocycles. The molecule has 10 heteroatoms. The molecule has 9 nitrogen and oxygen atoms in total. The van der Waals surface area contributed by atoms with E-state index >= 15 is 4.39 Å². The third-order valence-electron chi connectivity index (χ3n) is 6.30. The summed E-state index contributed by atoms with van der Waals surface area (Å²) in [6.45, 7) is 0. The van der Waals surface area contributed by atoms with Crippen LogP contribution in [0.3, 0.4) is 0 Å². The van der Waals surface area contributed by atoms with Crippen molar-refractivity contribution in [1.29, 1.82) is 0 Å². The summed E-state index contributed by atoms with van der Waals surface area (Å²) in [5, 5.41) is 4.14. The van der Waals surface area contributed by atoms with Gasteiger partial charge in [0.05, 0.1) is 24.7 Å². The third kappa shape index (κ3) is 4.61. The number of aryl methyl sites for hydroxylation is 1. The van der Waals surface area contributed by atoms with Crippen LogP contribution in [0.5, 0.6) is 17.2 Å². The van der Waals surface area contributed by atoms with Crippen molar-refractivity contribution in [3.8, 4) is 28.5 Å². The number of pyridine rings is 1. The van der Waals surface area contributed by atoms with Gasteiger partial charge in [-0.15, -0.1) is 0 Å². The van der Waals surface area contributed by atoms with Crippen molar-refractivity contribution in [2.75, 3.05) is 12.0 Å². The number of carbonyl (C=O) groups is 2. The van der Waals surface area contributed by atoms with Crippen LogP contribution < -0.4 is 20.1 Å². The van der Waals surface area contributed by atoms with E-state index < -0.39 is 23.0 Å². The molecule has 4 aromatic rings. The minimum atomic E-state index is -1.30. The lowest BCUT2D eigenvalue weighted by Crippen LogP contribution is -2.41. The van der Waals surface area contributed by atoms with Crippen LogP contribution in [0, 0.1) is 11.2 Å². The molecule has 2 aromatic carbocycles. The zero-order chi connectivity index (χ0) is 26.2. The highest BCUT2D eigenvalue weighted by molar-refractivity contribution is 6.16. The highest BCUT2D eigenvalue weighted by Gasteiger charge is 2.57. The summed E-state index contributed by atoms with van der Waals surface area (Å²) in [6.07, 6.45) is 5.74. The number of halogens is 1. The number of carbonyl (C=O) groups excluding carboxylic acids is 2. The molecule has 0 unspecified atom stereocenters. The molecule has 2 amide bonds. The van der Waals surface area contributed by atoms with Gasteiger partial charge in [0.2, 0.25) is 11.8 Å². The summed E-state index contributed by atoms with van der Waals surface area (Å²) in [4.78, 5) is 31.2. The second kappa shape index (κ2) is 9.38. The lowest BCUT2D eigenvalue weighted by atomic mass is 10.0. The summed E-state index contributed by atoms with van der Waals surface area (Å²) in [5.41, 5.74) is 6.36. The van der Waals surface area contributed by atoms with E-state index in [1.165, 1.54) is 24.1 Å². The van der Waals surface area contributed by atoms with Gasteiger partial charge in [0.15, 0.2) is 11.6 Å². The summed E-state index contributed by atoms with van der Waals surface area (Å²) < 4.78 is 27.9. The molecule has 37 heavy (non-hydrogen) atoms. The summed E-state index contributed by atoms with van der Waals surface area (Å²) in [6, 6.07) is 14.2. The second-order valence-electron chi connectivity index (χ2n) is 8.78. The van der Waals surface area contributed by atoms with E-state index in [1.807, 2.05) is 6.20 Å². The van der Waals surface area contributed by atoms with Crippen LogP contribution in [0.4, 0.5) is 15.8 Å². The molecule has 5 rings (SSSR count). The number of rotatable bonds is 8. The summed E-state index contributed by atoms with van der Waals surface area (Å²) in [5.74, 6) is -0.955. The van der Waals surface area contributed by atoms with E-state index in [2.05, 4.69) is 10.1 Å². The van der Waals surface area contributed by atoms with E-state index in [4.69, 9.17) is 15.2 Å². The predicted molar refractivity (Wildman–Crippen MR) is 134 cm³/mol. The minimum Gasteiger partial charge on any atom is -0.497 e. The average molecular weight is 502 g/mol. The molecule has 1 saturated carbocycles. The number of ether oxygens (including phenoxy) is 2. The number of methoxy groups -OCH3 is 1. The van der Waals surface area contributed by atoms with Gasteiger partial charge in [-0.3, -0.25) is 24.2 Å². The number of primary amides is 1. The largest absolute Gasteiger partial charge is 0.497 e. The standard InChI is InChI=1S/C27H24FN5O4/c1-32-16-17(15-31-32)23-14-21(9-12-30-23)37-24-8-5-19(13-22(24)28)33(18-3-6-20(36-2)7-4-18)26(35)27(10-11-27)25(29)34/h3-9,12-16H,10-11H2,1-2H3,(H2,29,34). The number of aromatic nitrogens is 3. The van der Waals surface area contributed by atoms with Crippen LogP contribution in [0.1, 0.15) is 12.8 Å². The van der Waals surface area contributed by atoms with Crippen LogP contribution in [0.15, 0.2) is 73.2 Å². The Hall–Kier alpha value is -4.73. The van der Waals surface area contributed by atoms with E-state index in [9.17, 15) is 9.59 Å². The Morgan fingerprint density at radius 1 is 1.05 bits per heavy atom. The normalized spacial score (nSPS) is 13.6. The Labute approximate surface area is 212 Å². The van der Waals surface area contributed by atoms with Gasteiger partial charge >= 0.3 is 0 Å². The van der Waals surface area contributed by atoms with Gasteiger partial charge in [-0.05, 0) is 55.3 Å². The van der Waals surface area contributed by atoms with Crippen LogP contribution in [-0.4, -0.2) is 33.7 Å². The lowest BCUT2D eigenvalue weighted by molar-refractivity contribution is -0.133. The molecule has 0 radical (unpaired) electrons. The lowest BCUT2D eigenvalue weighted by Gasteiger charge is -2.27. The maximum absolute atomic E-state index is 15.3. The van der Waals surface area contributed by atoms with Crippen LogP contribution in [0.25, 0.3) is 11.3 Å². The van der Waals surface area contributed by atoms with Crippen LogP contribution in [0.2, 0.25) is 0 Å². The SMILES string of the molecule is COc1ccc(N(C(=O)C2(C(N)=O)CC2)c2ccc(Oc3ccnc(-c4cnn(C)c4)c3)c(F)c2)cc1. The van der Waals surface area contributed by atoms with Crippen molar-refractivity contribution in [1.82, 2.24) is 14.8 Å². The highest BCUT2D eigenvalue weighted by Crippen LogP contribution is 2.49. The first-order valence-corrected chi connectivity index (χ1v) is 11.5. The number of nitrogens with zero attached hydrogens (tertiary/aromatic N) is 4. The molecule has 0 bridgehead atoms. The molecule has 1 aliphatic rings. The van der Waals surface area contributed by atoms with Gasteiger partial charge < -0.3 is 15.2 Å². The number of hydrogen-bond acceptors (Lipinski definition) is 6. The van der Waals surface area contributed by atoms with Crippen molar-refractivity contribution in [3.63, 3.8) is 0 Å². The van der Waals surface area contributed by atoms with E-state index in [0.29, 0.717) is 35.7 Å². The molecule has 1 fully saturated rings. The number of amides is 2. The Morgan fingerprint density at radius 3 is 2.38 bits per heavy atom. The predicted octanol–water partition coefficient (Wildman–Crippen LogP) is 4.35. The van der Waals surface area contributed by atoms with Gasteiger partial charge in [-0.2, -0.15) is 5.10 Å². The third-order valence-corrected chi connectivity index (χ3v) is 6.30. The zero-order valence-electron chi connectivity index (χ0n) is 20.2. The Bertz CT molecular complexity index is 1480. The maximum Gasteiger partial charge on any atom is 0.247 e. The Balaban J connectivity index is 1.46. The van der Waals surface area contributed by atoms with Crippen LogP contribution >= 0.6 is 0 Å². The first kappa shape index (κ1) is 24.0. The molecular weight excluding hydrogens is 477 g/mol. The molecular formula is C27H24FN5O4. The average Bonchev–Trinajstić information content (AvgIpc) is 3.61. The molecule has 1 aliphatic carbocycles. The summed E-state index contributed by atoms with van der Waals surface area (Å²) in [7, 11) is 3.33. The van der Waals surface area contributed by atoms with E-state index in [0.717, 1.165) is 5.56 Å². The molecule has 2 heterocycles. The van der Waals surface area contributed by atoms with Crippen LogP contribution in [-0.2, 0) is 16.6 Å². The molecule has 0 spiro atoms. The first-order chi connectivity index (χ1) is 17.8. The fourth-order valence-corrected chi connectivity index (χ4v) is 4.04. The Kier molecular flexibility index (Phi) is 6.08. The van der Waals surface area contributed by atoms with Crippen molar-refractivity contribution in [2.45, 2.75) is 12.8 Å². The Morgan fingerprint density at radius 2 is 1.78 bits per heavy atom. The number of nitrogens with two attached hydrogens (primary N) is 1. The topological polar surface area (TPSA) is 113 Å². The fourth-order valence-electron chi connectivity index (χ4n) is 4.04. The van der Waals surface area contributed by atoms with Crippen molar-refractivity contribution in [2.24, 2.45) is 18.2 Å². The monoisotopic (exact) mass is 501 g/mol. The molecule has 0 aliphatic heterocycles. The van der Waals surface area contributed by atoms with Crippen molar-refractivity contribution >= 4 is 23.2 Å². The second-order valence-corrected chi connectivity index (χ2v) is 8.78. The maximum atomic E-state index is 15.3. The highest BCUT2D eigenvalue weighted by atomic mass is 19.1. The number of benzene rings is 2. The van der Waals surface area contributed by atoms with Gasteiger partial charge in [0, 0.05) is 42.8 Å². The van der Waals surface area contributed by atoms with Gasteiger partial charge in [0.25, 0.3) is 0 Å². The molecule has 188 valence electrons. The minimum absolute atomic E-state index is 0.0368. The smallest absolute Gasteiger partial charge is 0.247 e. The fraction of sp³-hybridized carbons (Fsp3) is 0.185. The number of anilines is 2. The summed E-state index contributed by atoms with van der Waals surface area (Å²) >= 11 is 0. The molecule has 2 N–H and O–H groups in total. The van der Waals surface area contributed by atoms with Gasteiger partial charge in [-0.25, -0.2) is 4.39 Å². The quantitative estimate of drug-likeness (QED) is 0.359. The molecule has 0 atom stereocenters. The molecule has 0 saturated heterocycles. The van der Waals surface area contributed by atoms with E-state index in [1.54, 1.807) is 66.6 Å². The van der Waals surface area contributed by atoms with Gasteiger partial charge in [0.1, 0.15) is 16.9 Å². The van der Waals surface area contributed by atoms with Crippen molar-refractivity contribution < 1.29 is 23.5 Å². The van der Waals surface area contributed by atoms with Crippen molar-refractivity contribution in [3.05, 3.63) is 79.0 Å². The van der Waals surface area contributed by atoms with Gasteiger partial charge in [-0.1, -0.05) is 0 Å².